The number of hydrogen-bond acceptors (Lipinski definition) is 4. The van der Waals surface area contributed by atoms with Gasteiger partial charge in [-0.2, -0.15) is 0 Å². The van der Waals surface area contributed by atoms with E-state index < -0.39 is 11.4 Å². The van der Waals surface area contributed by atoms with Gasteiger partial charge in [-0.05, 0) is 0 Å². The Kier molecular flexibility index (Phi) is 8.85. The average Bonchev–Trinajstić information content (AvgIpc) is 3.28. The normalized spacial score (nSPS) is 13.4. The predicted molar refractivity (Wildman–Crippen MR) is 136 cm³/mol. The Balaban J connectivity index is 1.67. The van der Waals surface area contributed by atoms with E-state index in [4.69, 9.17) is 4.74 Å². The van der Waals surface area contributed by atoms with E-state index in [1.165, 1.54) is 4.44 Å². The van der Waals surface area contributed by atoms with Gasteiger partial charge >= 0.3 is 201 Å². The number of rotatable bonds is 8. The summed E-state index contributed by atoms with van der Waals surface area (Å²) in [5.74, 6) is 0. The fourth-order valence-corrected chi connectivity index (χ4v) is 6.10. The van der Waals surface area contributed by atoms with Gasteiger partial charge in [-0.15, -0.1) is 0 Å². The van der Waals surface area contributed by atoms with Crippen LogP contribution in [0.25, 0.3) is 11.1 Å². The zero-order valence-electron chi connectivity index (χ0n) is 19.8. The summed E-state index contributed by atoms with van der Waals surface area (Å²) in [4.78, 5) is 16.4. The van der Waals surface area contributed by atoms with Gasteiger partial charge in [0, 0.05) is 0 Å². The molecule has 7 heteroatoms. The molecule has 0 aliphatic carbocycles. The number of nitrogens with one attached hydrogen (secondary N) is 1. The summed E-state index contributed by atoms with van der Waals surface area (Å²) in [6, 6.07) is 20.1. The van der Waals surface area contributed by atoms with E-state index in [1.54, 1.807) is 11.9 Å². The first-order chi connectivity index (χ1) is 15.6. The zero-order chi connectivity index (χ0) is 24.0. The molecule has 1 aromatic heterocycles. The van der Waals surface area contributed by atoms with E-state index in [2.05, 4.69) is 28.7 Å². The maximum atomic E-state index is 12.5. The summed E-state index contributed by atoms with van der Waals surface area (Å²) in [7, 11) is 1.76. The first-order valence-electron chi connectivity index (χ1n) is 10.9. The molecule has 0 bridgehead atoms. The van der Waals surface area contributed by atoms with Gasteiger partial charge in [0.15, 0.2) is 0 Å². The molecular formula is C26H32N2O3SSe. The average molecular weight is 532 g/mol. The van der Waals surface area contributed by atoms with E-state index >= 15 is 0 Å². The number of carbonyl (C=O) groups excluding carboxylic acids is 1. The van der Waals surface area contributed by atoms with Crippen molar-refractivity contribution in [2.45, 2.75) is 51.6 Å². The molecule has 3 rings (SSSR count). The maximum absolute atomic E-state index is 12.5. The monoisotopic (exact) mass is 532 g/mol. The van der Waals surface area contributed by atoms with Crippen molar-refractivity contribution >= 4 is 32.0 Å². The molecule has 1 amide bonds. The Bertz CT molecular complexity index is 1050. The molecule has 176 valence electrons. The van der Waals surface area contributed by atoms with Crippen LogP contribution in [-0.2, 0) is 29.3 Å². The van der Waals surface area contributed by atoms with Gasteiger partial charge < -0.3 is 0 Å². The predicted octanol–water partition coefficient (Wildman–Crippen LogP) is 5.29. The summed E-state index contributed by atoms with van der Waals surface area (Å²) < 4.78 is 22.1. The van der Waals surface area contributed by atoms with E-state index in [0.29, 0.717) is 6.54 Å². The SMILES string of the molecule is CC(N[S+]([O-])C(C)(C)C)c1cc(-c2ccccc2CN(C)C(=O)OCc2ccccc2)c[se]1. The number of carbonyl (C=O) groups is 1. The Morgan fingerprint density at radius 2 is 1.82 bits per heavy atom. The third-order valence-electron chi connectivity index (χ3n) is 5.14. The summed E-state index contributed by atoms with van der Waals surface area (Å²) in [5, 5.41) is 0. The van der Waals surface area contributed by atoms with Crippen LogP contribution in [-0.4, -0.2) is 41.8 Å². The third-order valence-corrected chi connectivity index (χ3v) is 9.16. The minimum atomic E-state index is -1.11. The molecule has 0 radical (unpaired) electrons. The molecule has 5 nitrogen and oxygen atoms in total. The molecule has 0 fully saturated rings. The quantitative estimate of drug-likeness (QED) is 0.317. The Morgan fingerprint density at radius 1 is 1.15 bits per heavy atom. The number of hydrogen-bond donors (Lipinski definition) is 1. The molecule has 2 atom stereocenters. The van der Waals surface area contributed by atoms with Crippen LogP contribution in [0.4, 0.5) is 4.79 Å². The van der Waals surface area contributed by atoms with Crippen LogP contribution >= 0.6 is 0 Å². The number of ether oxygens (including phenoxy) is 1. The van der Waals surface area contributed by atoms with E-state index in [1.807, 2.05) is 69.3 Å². The molecule has 1 heterocycles. The van der Waals surface area contributed by atoms with Crippen molar-refractivity contribution in [1.29, 1.82) is 0 Å². The second-order valence-corrected chi connectivity index (χ2v) is 13.0. The summed E-state index contributed by atoms with van der Waals surface area (Å²) >= 11 is -0.923. The van der Waals surface area contributed by atoms with Crippen molar-refractivity contribution in [3.05, 3.63) is 81.2 Å². The van der Waals surface area contributed by atoms with E-state index in [-0.39, 0.29) is 38.0 Å². The number of amides is 1. The fourth-order valence-electron chi connectivity index (χ4n) is 3.21. The van der Waals surface area contributed by atoms with Crippen LogP contribution in [0.3, 0.4) is 0 Å². The third kappa shape index (κ3) is 7.23. The molecule has 0 spiro atoms. The van der Waals surface area contributed by atoms with Crippen LogP contribution in [0.5, 0.6) is 0 Å². The van der Waals surface area contributed by atoms with Crippen molar-refractivity contribution < 1.29 is 14.1 Å². The van der Waals surface area contributed by atoms with Gasteiger partial charge in [-0.1, -0.05) is 6.07 Å². The van der Waals surface area contributed by atoms with Crippen LogP contribution in [0.2, 0.25) is 0 Å². The molecule has 0 aliphatic heterocycles. The van der Waals surface area contributed by atoms with Crippen molar-refractivity contribution in [2.24, 2.45) is 0 Å². The topological polar surface area (TPSA) is 64.6 Å². The Morgan fingerprint density at radius 3 is 2.52 bits per heavy atom. The molecule has 0 aliphatic rings. The first kappa shape index (κ1) is 25.6. The molecule has 1 N–H and O–H groups in total. The van der Waals surface area contributed by atoms with Gasteiger partial charge in [0.2, 0.25) is 0 Å². The van der Waals surface area contributed by atoms with Gasteiger partial charge in [0.1, 0.15) is 0 Å². The van der Waals surface area contributed by atoms with Gasteiger partial charge in [0.25, 0.3) is 0 Å². The number of nitrogens with zero attached hydrogens (tertiary/aromatic N) is 1. The van der Waals surface area contributed by atoms with Gasteiger partial charge in [0.05, 0.1) is 0 Å². The summed E-state index contributed by atoms with van der Waals surface area (Å²) in [5.41, 5.74) is 4.30. The second kappa shape index (κ2) is 11.4. The van der Waals surface area contributed by atoms with Crippen molar-refractivity contribution in [3.8, 4) is 11.1 Å². The molecule has 0 saturated carbocycles. The van der Waals surface area contributed by atoms with E-state index in [9.17, 15) is 9.35 Å². The molecule has 33 heavy (non-hydrogen) atoms. The molecule has 2 aromatic carbocycles. The molecular weight excluding hydrogens is 499 g/mol. The van der Waals surface area contributed by atoms with E-state index in [0.717, 1.165) is 22.3 Å². The van der Waals surface area contributed by atoms with Crippen molar-refractivity contribution in [3.63, 3.8) is 0 Å². The van der Waals surface area contributed by atoms with Crippen molar-refractivity contribution in [2.75, 3.05) is 7.05 Å². The molecule has 0 saturated heterocycles. The standard InChI is InChI=1S/C26H32N2O3SSe/c1-19(27-32(30)26(2,3)4)24-15-22(18-33-24)23-14-10-9-13-21(23)16-28(5)25(29)31-17-20-11-7-6-8-12-20/h6-15,18-19,27H,16-17H2,1-5H3. The Labute approximate surface area is 206 Å². The van der Waals surface area contributed by atoms with Crippen LogP contribution in [0.1, 0.15) is 49.3 Å². The van der Waals surface area contributed by atoms with Crippen LogP contribution in [0, 0.1) is 0 Å². The van der Waals surface area contributed by atoms with Crippen LogP contribution in [0.15, 0.2) is 65.6 Å². The molecule has 3 aromatic rings. The van der Waals surface area contributed by atoms with Gasteiger partial charge in [-0.25, -0.2) is 0 Å². The second-order valence-electron chi connectivity index (χ2n) is 9.01. The minimum absolute atomic E-state index is 0.0432. The van der Waals surface area contributed by atoms with Gasteiger partial charge in [-0.3, -0.25) is 0 Å². The number of benzene rings is 2. The fraction of sp³-hybridized carbons (Fsp3) is 0.346. The van der Waals surface area contributed by atoms with Crippen molar-refractivity contribution in [1.82, 2.24) is 9.62 Å². The summed E-state index contributed by atoms with van der Waals surface area (Å²) in [6.45, 7) is 8.69. The summed E-state index contributed by atoms with van der Waals surface area (Å²) in [6.07, 6.45) is -0.350. The Hall–Kier alpha value is -2.02. The molecule has 2 unspecified atom stereocenters. The first-order valence-corrected chi connectivity index (χ1v) is 13.9. The van der Waals surface area contributed by atoms with Crippen LogP contribution < -0.4 is 4.72 Å². The zero-order valence-corrected chi connectivity index (χ0v) is 22.4.